The van der Waals surface area contributed by atoms with Crippen molar-refractivity contribution in [3.8, 4) is 5.75 Å². The summed E-state index contributed by atoms with van der Waals surface area (Å²) in [6.45, 7) is 3.59. The number of carbonyl (C=O) groups excluding carboxylic acids is 4. The van der Waals surface area contributed by atoms with Crippen LogP contribution in [0.1, 0.15) is 69.8 Å². The third-order valence-corrected chi connectivity index (χ3v) is 8.13. The van der Waals surface area contributed by atoms with Crippen LogP contribution in [-0.2, 0) is 49.3 Å². The molecular formula is C33H36F4O10. The third kappa shape index (κ3) is 8.79. The fraction of sp³-hybridized carbons (Fsp3) is 0.515. The van der Waals surface area contributed by atoms with Crippen LogP contribution in [0.15, 0.2) is 42.5 Å². The van der Waals surface area contributed by atoms with Gasteiger partial charge in [0.15, 0.2) is 18.3 Å². The second-order valence-electron chi connectivity index (χ2n) is 11.7. The molecule has 0 spiro atoms. The maximum atomic E-state index is 15.1. The molecule has 0 aromatic heterocycles. The van der Waals surface area contributed by atoms with Gasteiger partial charge in [0.05, 0.1) is 5.41 Å². The number of alkyl halides is 3. The van der Waals surface area contributed by atoms with Crippen molar-refractivity contribution in [2.45, 2.75) is 90.1 Å². The molecule has 2 fully saturated rings. The molecule has 2 aromatic carbocycles. The highest BCUT2D eigenvalue weighted by atomic mass is 19.4. The Kier molecular flexibility index (Phi) is 11.2. The highest BCUT2D eigenvalue weighted by Gasteiger charge is 2.59. The number of carbonyl (C=O) groups is 4. The summed E-state index contributed by atoms with van der Waals surface area (Å²) in [6.07, 6.45) is -10.2. The van der Waals surface area contributed by atoms with Crippen molar-refractivity contribution in [3.63, 3.8) is 0 Å². The van der Waals surface area contributed by atoms with Gasteiger partial charge in [0, 0.05) is 34.1 Å². The molecule has 10 nitrogen and oxygen atoms in total. The number of rotatable bonds is 11. The zero-order valence-electron chi connectivity index (χ0n) is 26.3. The number of hydrogen-bond acceptors (Lipinski definition) is 10. The molecule has 4 rings (SSSR count). The van der Waals surface area contributed by atoms with Crippen LogP contribution in [0.2, 0.25) is 0 Å². The van der Waals surface area contributed by atoms with E-state index in [9.17, 15) is 32.3 Å². The van der Waals surface area contributed by atoms with Crippen molar-refractivity contribution in [2.75, 3.05) is 13.2 Å². The van der Waals surface area contributed by atoms with Gasteiger partial charge in [-0.05, 0) is 53.8 Å². The minimum absolute atomic E-state index is 0.0176. The molecule has 0 N–H and O–H groups in total. The van der Waals surface area contributed by atoms with Gasteiger partial charge < -0.3 is 28.4 Å². The lowest BCUT2D eigenvalue weighted by Gasteiger charge is -2.44. The Balaban J connectivity index is 1.60. The summed E-state index contributed by atoms with van der Waals surface area (Å²) in [6, 6.07) is 10.3. The van der Waals surface area contributed by atoms with E-state index in [1.165, 1.54) is 30.3 Å². The van der Waals surface area contributed by atoms with E-state index in [-0.39, 0.29) is 30.6 Å². The summed E-state index contributed by atoms with van der Waals surface area (Å²) < 4.78 is 88.7. The first-order chi connectivity index (χ1) is 22.1. The third-order valence-electron chi connectivity index (χ3n) is 8.13. The standard InChI is InChI=1S/C33H36F4O10/c1-18(38)42-16-27-29(44-19(2)39)31(46-21(4)41)30(45-20(3)40)28(47-27)23-8-11-26(34)24(15-23)14-22-6-9-25(10-7-22)43-17-32(12-5-13-32)33(35,36)37/h6-11,15,27-31H,5,12-14,16-17H2,1-4H3/t27-,28+,29-,30+,31+/m1/s1. The normalized spacial score (nSPS) is 23.5. The highest BCUT2D eigenvalue weighted by Crippen LogP contribution is 2.53. The number of hydrogen-bond donors (Lipinski definition) is 0. The Morgan fingerprint density at radius 2 is 1.43 bits per heavy atom. The molecule has 1 saturated heterocycles. The summed E-state index contributed by atoms with van der Waals surface area (Å²) in [5.41, 5.74) is -0.736. The molecule has 2 aliphatic rings. The largest absolute Gasteiger partial charge is 0.493 e. The number of esters is 4. The van der Waals surface area contributed by atoms with E-state index in [1.54, 1.807) is 12.1 Å². The molecule has 0 bridgehead atoms. The van der Waals surface area contributed by atoms with Crippen molar-refractivity contribution in [1.82, 2.24) is 0 Å². The van der Waals surface area contributed by atoms with Crippen LogP contribution in [0, 0.1) is 11.2 Å². The monoisotopic (exact) mass is 668 g/mol. The SMILES string of the molecule is CC(=O)OC[C@H]1O[C@@H](c2ccc(F)c(Cc3ccc(OCC4(C(F)(F)F)CCC4)cc3)c2)[C@H](OC(C)=O)[C@@H](OC(C)=O)[C@@H]1OC(C)=O. The molecule has 0 unspecified atom stereocenters. The maximum Gasteiger partial charge on any atom is 0.397 e. The van der Waals surface area contributed by atoms with Crippen LogP contribution in [0.4, 0.5) is 17.6 Å². The van der Waals surface area contributed by atoms with E-state index in [0.29, 0.717) is 17.5 Å². The van der Waals surface area contributed by atoms with Gasteiger partial charge in [0.1, 0.15) is 37.0 Å². The zero-order valence-corrected chi connectivity index (χ0v) is 26.3. The van der Waals surface area contributed by atoms with Crippen LogP contribution in [0.5, 0.6) is 5.75 Å². The lowest BCUT2D eigenvalue weighted by molar-refractivity contribution is -0.259. The second-order valence-corrected chi connectivity index (χ2v) is 11.7. The topological polar surface area (TPSA) is 124 Å². The fourth-order valence-electron chi connectivity index (χ4n) is 5.66. The summed E-state index contributed by atoms with van der Waals surface area (Å²) in [7, 11) is 0. The minimum Gasteiger partial charge on any atom is -0.493 e. The van der Waals surface area contributed by atoms with E-state index >= 15 is 4.39 Å². The van der Waals surface area contributed by atoms with Crippen LogP contribution >= 0.6 is 0 Å². The average molecular weight is 669 g/mol. The molecule has 0 radical (unpaired) electrons. The Bertz CT molecular complexity index is 1450. The van der Waals surface area contributed by atoms with Crippen molar-refractivity contribution in [1.29, 1.82) is 0 Å². The summed E-state index contributed by atoms with van der Waals surface area (Å²) in [4.78, 5) is 47.9. The second kappa shape index (κ2) is 14.7. The van der Waals surface area contributed by atoms with Gasteiger partial charge in [-0.15, -0.1) is 0 Å². The van der Waals surface area contributed by atoms with Gasteiger partial charge >= 0.3 is 30.1 Å². The molecule has 14 heteroatoms. The lowest BCUT2D eigenvalue weighted by Crippen LogP contribution is -2.59. The summed E-state index contributed by atoms with van der Waals surface area (Å²) in [5, 5.41) is 0. The Labute approximate surface area is 268 Å². The molecule has 47 heavy (non-hydrogen) atoms. The van der Waals surface area contributed by atoms with Crippen molar-refractivity contribution in [3.05, 3.63) is 65.0 Å². The first-order valence-corrected chi connectivity index (χ1v) is 15.0. The number of benzene rings is 2. The van der Waals surface area contributed by atoms with Gasteiger partial charge in [0.2, 0.25) is 0 Å². The number of halogens is 4. The van der Waals surface area contributed by atoms with Crippen LogP contribution < -0.4 is 4.74 Å². The van der Waals surface area contributed by atoms with E-state index in [1.807, 2.05) is 0 Å². The smallest absolute Gasteiger partial charge is 0.397 e. The molecule has 1 heterocycles. The first-order valence-electron chi connectivity index (χ1n) is 15.0. The van der Waals surface area contributed by atoms with E-state index in [0.717, 1.165) is 27.7 Å². The lowest BCUT2D eigenvalue weighted by atomic mass is 9.69. The quantitative estimate of drug-likeness (QED) is 0.177. The van der Waals surface area contributed by atoms with E-state index in [2.05, 4.69) is 0 Å². The molecule has 1 aliphatic carbocycles. The van der Waals surface area contributed by atoms with Gasteiger partial charge in [0.25, 0.3) is 0 Å². The molecule has 2 aromatic rings. The molecular weight excluding hydrogens is 632 g/mol. The maximum absolute atomic E-state index is 15.1. The van der Waals surface area contributed by atoms with Gasteiger partial charge in [-0.3, -0.25) is 19.2 Å². The van der Waals surface area contributed by atoms with Crippen molar-refractivity contribution < 1.29 is 65.2 Å². The fourth-order valence-corrected chi connectivity index (χ4v) is 5.66. The van der Waals surface area contributed by atoms with Gasteiger partial charge in [-0.25, -0.2) is 4.39 Å². The van der Waals surface area contributed by atoms with E-state index < -0.39 is 85.0 Å². The highest BCUT2D eigenvalue weighted by molar-refractivity contribution is 5.69. The van der Waals surface area contributed by atoms with Crippen molar-refractivity contribution >= 4 is 23.9 Å². The van der Waals surface area contributed by atoms with Crippen LogP contribution in [0.25, 0.3) is 0 Å². The summed E-state index contributed by atoms with van der Waals surface area (Å²) >= 11 is 0. The van der Waals surface area contributed by atoms with Gasteiger partial charge in [-0.1, -0.05) is 24.6 Å². The molecule has 5 atom stereocenters. The molecule has 1 saturated carbocycles. The van der Waals surface area contributed by atoms with Crippen LogP contribution in [0.3, 0.4) is 0 Å². The zero-order chi connectivity index (χ0) is 34.5. The Hall–Kier alpha value is -4.20. The predicted octanol–water partition coefficient (Wildman–Crippen LogP) is 5.33. The first kappa shape index (κ1) is 35.7. The summed E-state index contributed by atoms with van der Waals surface area (Å²) in [5.74, 6) is -3.34. The minimum atomic E-state index is -4.36. The molecule has 1 aliphatic heterocycles. The Morgan fingerprint density at radius 1 is 0.830 bits per heavy atom. The Morgan fingerprint density at radius 3 is 1.96 bits per heavy atom. The molecule has 0 amide bonds. The average Bonchev–Trinajstić information content (AvgIpc) is 2.94. The van der Waals surface area contributed by atoms with E-state index in [4.69, 9.17) is 28.4 Å². The van der Waals surface area contributed by atoms with Gasteiger partial charge in [-0.2, -0.15) is 13.2 Å². The van der Waals surface area contributed by atoms with Crippen molar-refractivity contribution in [2.24, 2.45) is 5.41 Å². The molecule has 256 valence electrons. The van der Waals surface area contributed by atoms with Crippen LogP contribution in [-0.4, -0.2) is 67.7 Å². The predicted molar refractivity (Wildman–Crippen MR) is 154 cm³/mol. The number of ether oxygens (including phenoxy) is 6.